The van der Waals surface area contributed by atoms with Gasteiger partial charge < -0.3 is 9.64 Å². The number of carbonyl (C=O) groups excluding carboxylic acids is 2. The van der Waals surface area contributed by atoms with Crippen molar-refractivity contribution in [3.05, 3.63) is 41.7 Å². The van der Waals surface area contributed by atoms with Crippen LogP contribution in [-0.4, -0.2) is 41.5 Å². The number of amides is 1. The average Bonchev–Trinajstić information content (AvgIpc) is 2.63. The number of rotatable bonds is 8. The Balaban J connectivity index is 1.98. The summed E-state index contributed by atoms with van der Waals surface area (Å²) >= 11 is 0. The molecule has 1 heterocycles. The molecular weight excluding hydrogens is 304 g/mol. The fraction of sp³-hybridized carbons (Fsp3) is 0.526. The molecule has 0 atom stereocenters. The highest BCUT2D eigenvalue weighted by Crippen LogP contribution is 2.20. The lowest BCUT2D eigenvalue weighted by Gasteiger charge is -2.24. The molecule has 0 N–H and O–H groups in total. The van der Waals surface area contributed by atoms with E-state index in [1.165, 1.54) is 18.4 Å². The van der Waals surface area contributed by atoms with Gasteiger partial charge in [0.25, 0.3) is 5.91 Å². The van der Waals surface area contributed by atoms with Crippen molar-refractivity contribution >= 4 is 11.9 Å². The van der Waals surface area contributed by atoms with Gasteiger partial charge in [0, 0.05) is 25.5 Å². The zero-order valence-electron chi connectivity index (χ0n) is 14.4. The van der Waals surface area contributed by atoms with E-state index in [0.717, 1.165) is 19.3 Å². The number of allylic oxidation sites excluding steroid dienone is 1. The maximum absolute atomic E-state index is 12.7. The van der Waals surface area contributed by atoms with E-state index in [0.29, 0.717) is 25.3 Å². The van der Waals surface area contributed by atoms with Gasteiger partial charge in [-0.15, -0.1) is 0 Å². The molecular formula is C19H26N2O3. The second-order valence-corrected chi connectivity index (χ2v) is 5.95. The molecule has 0 unspecified atom stereocenters. The lowest BCUT2D eigenvalue weighted by molar-refractivity contribution is -0.143. The van der Waals surface area contributed by atoms with Crippen LogP contribution in [0.2, 0.25) is 0 Å². The maximum atomic E-state index is 12.7. The monoisotopic (exact) mass is 330 g/mol. The largest absolute Gasteiger partial charge is 0.466 e. The number of esters is 1. The van der Waals surface area contributed by atoms with Crippen LogP contribution >= 0.6 is 0 Å². The Bertz CT molecular complexity index is 569. The molecule has 0 saturated heterocycles. The minimum absolute atomic E-state index is 0.0798. The van der Waals surface area contributed by atoms with Crippen LogP contribution in [0, 0.1) is 0 Å². The summed E-state index contributed by atoms with van der Waals surface area (Å²) in [5.41, 5.74) is 1.97. The molecule has 0 radical (unpaired) electrons. The van der Waals surface area contributed by atoms with E-state index >= 15 is 0 Å². The predicted octanol–water partition coefficient (Wildman–Crippen LogP) is 3.37. The van der Waals surface area contributed by atoms with Crippen LogP contribution in [0.1, 0.15) is 55.8 Å². The van der Waals surface area contributed by atoms with Gasteiger partial charge in [0.1, 0.15) is 0 Å². The highest BCUT2D eigenvalue weighted by Gasteiger charge is 2.18. The Morgan fingerprint density at radius 1 is 1.29 bits per heavy atom. The summed E-state index contributed by atoms with van der Waals surface area (Å²) in [5.74, 6) is -0.345. The van der Waals surface area contributed by atoms with Gasteiger partial charge in [-0.05, 0) is 51.2 Å². The lowest BCUT2D eigenvalue weighted by atomic mass is 9.97. The highest BCUT2D eigenvalue weighted by molar-refractivity contribution is 5.94. The van der Waals surface area contributed by atoms with Crippen LogP contribution in [0.25, 0.3) is 0 Å². The second kappa shape index (κ2) is 9.85. The van der Waals surface area contributed by atoms with Gasteiger partial charge in [0.2, 0.25) is 0 Å². The van der Waals surface area contributed by atoms with Crippen LogP contribution < -0.4 is 0 Å². The van der Waals surface area contributed by atoms with Crippen LogP contribution in [0.4, 0.5) is 0 Å². The number of carbonyl (C=O) groups is 2. The Morgan fingerprint density at radius 3 is 2.83 bits per heavy atom. The van der Waals surface area contributed by atoms with Crippen LogP contribution in [0.15, 0.2) is 36.2 Å². The lowest BCUT2D eigenvalue weighted by Crippen LogP contribution is -2.34. The molecule has 0 fully saturated rings. The van der Waals surface area contributed by atoms with Crippen LogP contribution in [0.5, 0.6) is 0 Å². The highest BCUT2D eigenvalue weighted by atomic mass is 16.5. The van der Waals surface area contributed by atoms with E-state index in [4.69, 9.17) is 4.74 Å². The van der Waals surface area contributed by atoms with Gasteiger partial charge in [-0.25, -0.2) is 0 Å². The molecule has 1 aromatic heterocycles. The average molecular weight is 330 g/mol. The Morgan fingerprint density at radius 2 is 2.17 bits per heavy atom. The normalized spacial score (nSPS) is 14.0. The molecule has 2 rings (SSSR count). The summed E-state index contributed by atoms with van der Waals surface area (Å²) in [7, 11) is 0. The Labute approximate surface area is 143 Å². The summed E-state index contributed by atoms with van der Waals surface area (Å²) in [4.78, 5) is 30.1. The molecule has 0 aliphatic heterocycles. The molecule has 0 saturated carbocycles. The van der Waals surface area contributed by atoms with Crippen molar-refractivity contribution in [1.82, 2.24) is 9.88 Å². The first kappa shape index (κ1) is 18.2. The third-order valence-electron chi connectivity index (χ3n) is 4.17. The number of hydrogen-bond donors (Lipinski definition) is 0. The summed E-state index contributed by atoms with van der Waals surface area (Å²) in [6.45, 7) is 3.15. The van der Waals surface area contributed by atoms with Gasteiger partial charge in [-0.3, -0.25) is 14.6 Å². The number of pyridine rings is 1. The van der Waals surface area contributed by atoms with Crippen molar-refractivity contribution in [2.75, 3.05) is 19.7 Å². The number of hydrogen-bond acceptors (Lipinski definition) is 4. The molecule has 5 nitrogen and oxygen atoms in total. The van der Waals surface area contributed by atoms with E-state index in [-0.39, 0.29) is 18.3 Å². The third-order valence-corrected chi connectivity index (χ3v) is 4.17. The van der Waals surface area contributed by atoms with Crippen molar-refractivity contribution in [2.45, 2.75) is 45.4 Å². The molecule has 0 bridgehead atoms. The first-order valence-corrected chi connectivity index (χ1v) is 8.73. The smallest absolute Gasteiger partial charge is 0.307 e. The molecule has 1 amide bonds. The first-order chi connectivity index (χ1) is 11.7. The van der Waals surface area contributed by atoms with E-state index in [9.17, 15) is 9.59 Å². The molecule has 1 aromatic rings. The zero-order chi connectivity index (χ0) is 17.2. The topological polar surface area (TPSA) is 59.5 Å². The predicted molar refractivity (Wildman–Crippen MR) is 92.6 cm³/mol. The zero-order valence-corrected chi connectivity index (χ0v) is 14.4. The van der Waals surface area contributed by atoms with E-state index in [1.54, 1.807) is 36.4 Å². The van der Waals surface area contributed by atoms with Gasteiger partial charge in [-0.1, -0.05) is 11.6 Å². The van der Waals surface area contributed by atoms with Gasteiger partial charge >= 0.3 is 5.97 Å². The van der Waals surface area contributed by atoms with Crippen LogP contribution in [0.3, 0.4) is 0 Å². The molecule has 5 heteroatoms. The van der Waals surface area contributed by atoms with Gasteiger partial charge in [0.15, 0.2) is 0 Å². The molecule has 130 valence electrons. The molecule has 1 aliphatic rings. The van der Waals surface area contributed by atoms with Crippen LogP contribution in [-0.2, 0) is 9.53 Å². The molecule has 1 aliphatic carbocycles. The van der Waals surface area contributed by atoms with Crippen molar-refractivity contribution < 1.29 is 14.3 Å². The minimum atomic E-state index is -0.265. The Kier molecular flexibility index (Phi) is 7.46. The van der Waals surface area contributed by atoms with Gasteiger partial charge in [0.05, 0.1) is 18.6 Å². The first-order valence-electron chi connectivity index (χ1n) is 8.73. The minimum Gasteiger partial charge on any atom is -0.466 e. The third kappa shape index (κ3) is 5.80. The van der Waals surface area contributed by atoms with Crippen molar-refractivity contribution in [3.8, 4) is 0 Å². The SMILES string of the molecule is CCOC(=O)CCN(CCC1=CCCCC1)C(=O)c1cccnc1. The number of ether oxygens (including phenoxy) is 1. The van der Waals surface area contributed by atoms with E-state index < -0.39 is 0 Å². The summed E-state index contributed by atoms with van der Waals surface area (Å²) < 4.78 is 4.97. The summed E-state index contributed by atoms with van der Waals surface area (Å²) in [6.07, 6.45) is 11.3. The van der Waals surface area contributed by atoms with Crippen molar-refractivity contribution in [1.29, 1.82) is 0 Å². The fourth-order valence-corrected chi connectivity index (χ4v) is 2.86. The van der Waals surface area contributed by atoms with E-state index in [1.807, 2.05) is 0 Å². The molecule has 0 spiro atoms. The number of aromatic nitrogens is 1. The maximum Gasteiger partial charge on any atom is 0.307 e. The van der Waals surface area contributed by atoms with Gasteiger partial charge in [-0.2, -0.15) is 0 Å². The standard InChI is InChI=1S/C19H26N2O3/c1-2-24-18(22)11-14-21(13-10-16-7-4-3-5-8-16)19(23)17-9-6-12-20-15-17/h6-7,9,12,15H,2-5,8,10-11,13-14H2,1H3. The quantitative estimate of drug-likeness (QED) is 0.542. The van der Waals surface area contributed by atoms with Crippen molar-refractivity contribution in [3.63, 3.8) is 0 Å². The van der Waals surface area contributed by atoms with Crippen molar-refractivity contribution in [2.24, 2.45) is 0 Å². The summed E-state index contributed by atoms with van der Waals surface area (Å²) in [5, 5.41) is 0. The van der Waals surface area contributed by atoms with E-state index in [2.05, 4.69) is 11.1 Å². The fourth-order valence-electron chi connectivity index (χ4n) is 2.86. The second-order valence-electron chi connectivity index (χ2n) is 5.95. The summed E-state index contributed by atoms with van der Waals surface area (Å²) in [6, 6.07) is 3.51. The Hall–Kier alpha value is -2.17. The number of nitrogens with zero attached hydrogens (tertiary/aromatic N) is 2. The molecule has 0 aromatic carbocycles. The molecule has 24 heavy (non-hydrogen) atoms.